The predicted octanol–water partition coefficient (Wildman–Crippen LogP) is 8.58. The monoisotopic (exact) mass is 941 g/mol. The number of benzene rings is 4. The summed E-state index contributed by atoms with van der Waals surface area (Å²) in [6.45, 7) is 10.9. The minimum Gasteiger partial charge on any atom is -0.488 e. The van der Waals surface area contributed by atoms with Gasteiger partial charge in [-0.2, -0.15) is 9.97 Å². The first-order valence-electron chi connectivity index (χ1n) is 20.8. The Bertz CT molecular complexity index is 3030. The average Bonchev–Trinajstić information content (AvgIpc) is 3.26. The molecule has 0 radical (unpaired) electrons. The number of anilines is 4. The maximum Gasteiger partial charge on any atom is 0.355 e. The van der Waals surface area contributed by atoms with Crippen molar-refractivity contribution in [1.82, 2.24) is 33.2 Å². The van der Waals surface area contributed by atoms with E-state index in [4.69, 9.17) is 32.7 Å². The van der Waals surface area contributed by atoms with Gasteiger partial charge in [-0.05, 0) is 113 Å². The summed E-state index contributed by atoms with van der Waals surface area (Å²) in [5, 5.41) is 6.91. The summed E-state index contributed by atoms with van der Waals surface area (Å²) in [5.74, 6) is -0.951. The number of pyridine rings is 1. The molecule has 7 aromatic rings. The van der Waals surface area contributed by atoms with Crippen LogP contribution in [-0.2, 0) is 19.6 Å². The van der Waals surface area contributed by atoms with Crippen molar-refractivity contribution in [2.75, 3.05) is 10.6 Å². The quantitative estimate of drug-likeness (QED) is 0.101. The summed E-state index contributed by atoms with van der Waals surface area (Å²) in [7, 11) is 0. The van der Waals surface area contributed by atoms with Crippen molar-refractivity contribution in [2.45, 2.75) is 79.4 Å². The Morgan fingerprint density at radius 1 is 0.576 bits per heavy atom. The lowest BCUT2D eigenvalue weighted by Gasteiger charge is -2.17. The van der Waals surface area contributed by atoms with Crippen LogP contribution in [0.1, 0.15) is 64.4 Å². The molecule has 0 saturated carbocycles. The largest absolute Gasteiger partial charge is 0.488 e. The number of hydrogen-bond donors (Lipinski definition) is 2. The molecule has 4 aromatic carbocycles. The molecule has 2 N–H and O–H groups in total. The Morgan fingerprint density at radius 3 is 1.47 bits per heavy atom. The fraction of sp³-hybridized carbons (Fsp3) is 0.255. The van der Waals surface area contributed by atoms with E-state index in [0.29, 0.717) is 27.1 Å². The van der Waals surface area contributed by atoms with Crippen LogP contribution in [0.25, 0.3) is 0 Å². The number of ether oxygens (including phenoxy) is 2. The number of nitrogens with one attached hydrogen (secondary N) is 2. The molecule has 7 rings (SSSR count). The van der Waals surface area contributed by atoms with Crippen LogP contribution in [0.2, 0.25) is 10.0 Å². The number of rotatable bonds is 15. The molecule has 0 fully saturated rings. The van der Waals surface area contributed by atoms with E-state index in [1.165, 1.54) is 33.4 Å². The van der Waals surface area contributed by atoms with Gasteiger partial charge in [0.2, 0.25) is 11.9 Å². The van der Waals surface area contributed by atoms with Crippen molar-refractivity contribution in [2.24, 2.45) is 0 Å². The van der Waals surface area contributed by atoms with Gasteiger partial charge >= 0.3 is 22.8 Å². The third-order valence-corrected chi connectivity index (χ3v) is 9.93. The molecule has 0 aliphatic heterocycles. The molecule has 66 heavy (non-hydrogen) atoms. The number of halogens is 4. The van der Waals surface area contributed by atoms with Crippen LogP contribution in [0.15, 0.2) is 129 Å². The molecule has 3 heterocycles. The maximum absolute atomic E-state index is 14.5. The minimum atomic E-state index is -0.754. The summed E-state index contributed by atoms with van der Waals surface area (Å²) < 4.78 is 44.5. The van der Waals surface area contributed by atoms with Crippen LogP contribution in [0.5, 0.6) is 11.5 Å². The third-order valence-electron chi connectivity index (χ3n) is 9.42. The molecule has 0 atom stereocenters. The fourth-order valence-corrected chi connectivity index (χ4v) is 6.65. The first-order valence-corrected chi connectivity index (χ1v) is 21.5. The zero-order valence-corrected chi connectivity index (χ0v) is 38.3. The highest BCUT2D eigenvalue weighted by Crippen LogP contribution is 2.26. The van der Waals surface area contributed by atoms with E-state index in [9.17, 15) is 28.0 Å². The molecule has 0 unspecified atom stereocenters. The molecular formula is C47H47Cl2F2N9O6. The van der Waals surface area contributed by atoms with E-state index >= 15 is 0 Å². The maximum atomic E-state index is 14.5. The van der Waals surface area contributed by atoms with Gasteiger partial charge in [-0.1, -0.05) is 53.5 Å². The molecule has 0 spiro atoms. The fourth-order valence-electron chi connectivity index (χ4n) is 6.40. The van der Waals surface area contributed by atoms with Gasteiger partial charge in [0.1, 0.15) is 0 Å². The first-order chi connectivity index (χ1) is 31.4. The van der Waals surface area contributed by atoms with Gasteiger partial charge in [-0.25, -0.2) is 37.1 Å². The van der Waals surface area contributed by atoms with Gasteiger partial charge in [-0.3, -0.25) is 14.1 Å². The van der Waals surface area contributed by atoms with Gasteiger partial charge in [-0.15, -0.1) is 0 Å². The zero-order chi connectivity index (χ0) is 47.7. The van der Waals surface area contributed by atoms with E-state index < -0.39 is 34.4 Å². The average molecular weight is 943 g/mol. The van der Waals surface area contributed by atoms with E-state index in [1.54, 1.807) is 127 Å². The van der Waals surface area contributed by atoms with Crippen molar-refractivity contribution in [1.29, 1.82) is 0 Å². The molecule has 15 nitrogen and oxygen atoms in total. The number of hydrogen-bond acceptors (Lipinski definition) is 11. The summed E-state index contributed by atoms with van der Waals surface area (Å²) in [6.07, 6.45) is 1.21. The molecule has 344 valence electrons. The summed E-state index contributed by atoms with van der Waals surface area (Å²) in [5.41, 5.74) is 0.166. The Morgan fingerprint density at radius 2 is 1.05 bits per heavy atom. The second kappa shape index (κ2) is 21.7. The highest BCUT2D eigenvalue weighted by atomic mass is 35.5. The predicted molar refractivity (Wildman–Crippen MR) is 251 cm³/mol. The van der Waals surface area contributed by atoms with Gasteiger partial charge in [0, 0.05) is 45.8 Å². The molecule has 0 aliphatic carbocycles. The van der Waals surface area contributed by atoms with E-state index in [-0.39, 0.29) is 61.3 Å². The van der Waals surface area contributed by atoms with E-state index in [2.05, 4.69) is 25.6 Å². The lowest BCUT2D eigenvalue weighted by Crippen LogP contribution is -2.43. The zero-order valence-electron chi connectivity index (χ0n) is 36.8. The third kappa shape index (κ3) is 12.6. The van der Waals surface area contributed by atoms with Crippen molar-refractivity contribution < 1.29 is 18.3 Å². The van der Waals surface area contributed by atoms with Gasteiger partial charge in [0.05, 0.1) is 37.5 Å². The highest BCUT2D eigenvalue weighted by Gasteiger charge is 2.19. The van der Waals surface area contributed by atoms with Crippen LogP contribution in [0, 0.1) is 11.6 Å². The Hall–Kier alpha value is -7.11. The Labute approximate surface area is 387 Å². The van der Waals surface area contributed by atoms with Crippen molar-refractivity contribution >= 4 is 46.5 Å². The topological polar surface area (TPSA) is 169 Å². The summed E-state index contributed by atoms with van der Waals surface area (Å²) >= 11 is 11.9. The summed E-state index contributed by atoms with van der Waals surface area (Å²) in [4.78, 5) is 64.1. The number of aromatic nitrogens is 7. The molecule has 0 aliphatic rings. The van der Waals surface area contributed by atoms with Crippen molar-refractivity contribution in [3.05, 3.63) is 190 Å². The smallest absolute Gasteiger partial charge is 0.355 e. The Kier molecular flexibility index (Phi) is 15.9. The molecule has 0 bridgehead atoms. The minimum absolute atomic E-state index is 0.0128. The lowest BCUT2D eigenvalue weighted by atomic mass is 10.2. The molecule has 0 amide bonds. The number of nitrogens with zero attached hydrogens (tertiary/aromatic N) is 7. The molecule has 3 aromatic heterocycles. The first kappa shape index (κ1) is 48.3. The van der Waals surface area contributed by atoms with E-state index in [0.717, 1.165) is 20.3 Å². The normalized spacial score (nSPS) is 11.1. The van der Waals surface area contributed by atoms with Gasteiger partial charge < -0.3 is 20.1 Å². The highest BCUT2D eigenvalue weighted by molar-refractivity contribution is 6.30. The second-order valence-electron chi connectivity index (χ2n) is 15.7. The van der Waals surface area contributed by atoms with Crippen LogP contribution in [0.4, 0.5) is 32.1 Å². The molecular weight excluding hydrogens is 895 g/mol. The summed E-state index contributed by atoms with van der Waals surface area (Å²) in [6, 6.07) is 27.4. The van der Waals surface area contributed by atoms with Gasteiger partial charge in [0.15, 0.2) is 23.1 Å². The lowest BCUT2D eigenvalue weighted by molar-refractivity contribution is 0.231. The Balaban J connectivity index is 0.000000220. The van der Waals surface area contributed by atoms with Crippen LogP contribution < -0.4 is 42.9 Å². The SMILES string of the molecule is CC(C)Oc1ccc(Nc2nc(=O)n(C(C)C)c(=O)n2Cc2ccc(Cl)cc2)cc1F.CC(C)Oc1ccc(Nc2nc(=O)n(Cc3ccccn3)c(=O)n2Cc2ccc(Cl)cc2)cc1F. The second-order valence-corrected chi connectivity index (χ2v) is 16.5. The van der Waals surface area contributed by atoms with Gasteiger partial charge in [0.25, 0.3) is 0 Å². The standard InChI is InChI=1S/C25H23ClFN5O3.C22H24ClFN4O3/c1-16(2)35-22-11-10-19(13-21(22)27)29-23-30-24(33)32(15-20-5-3-4-12-28-20)25(34)31(23)14-17-6-8-18(26)9-7-17;1-13(2)28-21(29)26-20(25-17-9-10-19(18(24)11-17)31-14(3)4)27(22(28)30)12-15-5-7-16(23)8-6-15/h3-13,16H,14-15H2,1-2H3,(H,29,30,33);5-11,13-14H,12H2,1-4H3,(H,25,26,29). The van der Waals surface area contributed by atoms with E-state index in [1.807, 2.05) is 0 Å². The van der Waals surface area contributed by atoms with Crippen LogP contribution in [-0.4, -0.2) is 45.4 Å². The van der Waals surface area contributed by atoms with Crippen molar-refractivity contribution in [3.63, 3.8) is 0 Å². The van der Waals surface area contributed by atoms with Crippen LogP contribution >= 0.6 is 23.2 Å². The molecule has 19 heteroatoms. The van der Waals surface area contributed by atoms with Crippen molar-refractivity contribution in [3.8, 4) is 11.5 Å². The molecule has 0 saturated heterocycles. The van der Waals surface area contributed by atoms with Crippen LogP contribution in [0.3, 0.4) is 0 Å².